The van der Waals surface area contributed by atoms with Gasteiger partial charge in [0, 0.05) is 23.3 Å². The summed E-state index contributed by atoms with van der Waals surface area (Å²) < 4.78 is 1.85. The Labute approximate surface area is 123 Å². The van der Waals surface area contributed by atoms with Crippen molar-refractivity contribution in [2.75, 3.05) is 0 Å². The number of aromatic nitrogens is 1. The van der Waals surface area contributed by atoms with Gasteiger partial charge in [0.1, 0.15) is 0 Å². The highest BCUT2D eigenvalue weighted by molar-refractivity contribution is 6.31. The molecule has 0 unspecified atom stereocenters. The first kappa shape index (κ1) is 13.4. The van der Waals surface area contributed by atoms with Crippen LogP contribution in [0.3, 0.4) is 0 Å². The fourth-order valence-electron chi connectivity index (χ4n) is 2.82. The first-order valence-corrected chi connectivity index (χ1v) is 7.26. The van der Waals surface area contributed by atoms with E-state index in [0.717, 1.165) is 36.1 Å². The fourth-order valence-corrected chi connectivity index (χ4v) is 3.09. The Morgan fingerprint density at radius 3 is 2.80 bits per heavy atom. The Hall–Kier alpha value is -1.58. The van der Waals surface area contributed by atoms with Crippen molar-refractivity contribution in [1.29, 1.82) is 0 Å². The molecule has 0 saturated carbocycles. The van der Waals surface area contributed by atoms with Crippen molar-refractivity contribution >= 4 is 11.6 Å². The molecule has 0 bridgehead atoms. The van der Waals surface area contributed by atoms with Gasteiger partial charge in [-0.2, -0.15) is 0 Å². The van der Waals surface area contributed by atoms with Crippen molar-refractivity contribution in [2.45, 2.75) is 32.4 Å². The lowest BCUT2D eigenvalue weighted by atomic mass is 10.1. The predicted octanol–water partition coefficient (Wildman–Crippen LogP) is 2.50. The largest absolute Gasteiger partial charge is 0.326 e. The van der Waals surface area contributed by atoms with Gasteiger partial charge in [-0.3, -0.25) is 4.79 Å². The van der Waals surface area contributed by atoms with Crippen LogP contribution in [-0.4, -0.2) is 4.57 Å². The van der Waals surface area contributed by atoms with Crippen LogP contribution in [0.4, 0.5) is 0 Å². The van der Waals surface area contributed by atoms with Crippen LogP contribution in [0.5, 0.6) is 0 Å². The minimum Gasteiger partial charge on any atom is -0.326 e. The molecule has 2 aromatic rings. The zero-order chi connectivity index (χ0) is 14.1. The quantitative estimate of drug-likeness (QED) is 0.943. The van der Waals surface area contributed by atoms with Gasteiger partial charge in [0.25, 0.3) is 5.56 Å². The van der Waals surface area contributed by atoms with E-state index < -0.39 is 0 Å². The molecule has 1 aromatic heterocycles. The fraction of sp³-hybridized carbons (Fsp3) is 0.312. The number of aryl methyl sites for hydroxylation is 1. The number of benzene rings is 1. The van der Waals surface area contributed by atoms with E-state index in [4.69, 9.17) is 17.3 Å². The van der Waals surface area contributed by atoms with Crippen LogP contribution in [0, 0.1) is 0 Å². The zero-order valence-corrected chi connectivity index (χ0v) is 12.0. The second kappa shape index (κ2) is 5.43. The van der Waals surface area contributed by atoms with Crippen molar-refractivity contribution in [3.8, 4) is 0 Å². The normalized spacial score (nSPS) is 13.5. The maximum Gasteiger partial charge on any atom is 0.251 e. The molecule has 1 aliphatic carbocycles. The molecule has 3 nitrogen and oxygen atoms in total. The summed E-state index contributed by atoms with van der Waals surface area (Å²) in [4.78, 5) is 12.1. The predicted molar refractivity (Wildman–Crippen MR) is 81.2 cm³/mol. The Bertz CT molecular complexity index is 706. The van der Waals surface area contributed by atoms with Crippen LogP contribution in [0.2, 0.25) is 5.02 Å². The van der Waals surface area contributed by atoms with Crippen LogP contribution >= 0.6 is 11.6 Å². The highest BCUT2D eigenvalue weighted by Crippen LogP contribution is 2.23. The molecule has 0 fully saturated rings. The first-order chi connectivity index (χ1) is 9.69. The summed E-state index contributed by atoms with van der Waals surface area (Å²) in [5.41, 5.74) is 10.1. The number of nitrogens with two attached hydrogens (primary N) is 1. The lowest BCUT2D eigenvalue weighted by molar-refractivity contribution is 0.707. The number of hydrogen-bond donors (Lipinski definition) is 1. The van der Waals surface area contributed by atoms with E-state index in [2.05, 4.69) is 0 Å². The second-order valence-electron chi connectivity index (χ2n) is 5.21. The molecule has 0 atom stereocenters. The minimum absolute atomic E-state index is 0.0459. The molecule has 0 saturated heterocycles. The monoisotopic (exact) mass is 288 g/mol. The highest BCUT2D eigenvalue weighted by atomic mass is 35.5. The molecule has 1 aliphatic rings. The second-order valence-corrected chi connectivity index (χ2v) is 5.62. The molecule has 104 valence electrons. The van der Waals surface area contributed by atoms with E-state index in [1.165, 1.54) is 5.56 Å². The summed E-state index contributed by atoms with van der Waals surface area (Å²) in [6, 6.07) is 9.43. The maximum absolute atomic E-state index is 12.1. The number of nitrogens with zero attached hydrogens (tertiary/aromatic N) is 1. The van der Waals surface area contributed by atoms with E-state index in [1.807, 2.05) is 28.8 Å². The third-order valence-corrected chi connectivity index (χ3v) is 4.28. The maximum atomic E-state index is 12.1. The molecular weight excluding hydrogens is 272 g/mol. The van der Waals surface area contributed by atoms with E-state index in [0.29, 0.717) is 18.1 Å². The van der Waals surface area contributed by atoms with Crippen molar-refractivity contribution in [3.05, 3.63) is 68.1 Å². The molecular formula is C16H17ClN2O. The molecule has 3 rings (SSSR count). The van der Waals surface area contributed by atoms with E-state index >= 15 is 0 Å². The number of hydrogen-bond acceptors (Lipinski definition) is 2. The highest BCUT2D eigenvalue weighted by Gasteiger charge is 2.16. The molecule has 0 amide bonds. The van der Waals surface area contributed by atoms with Crippen LogP contribution in [-0.2, 0) is 25.9 Å². The van der Waals surface area contributed by atoms with Gasteiger partial charge in [-0.25, -0.2) is 0 Å². The average Bonchev–Trinajstić information content (AvgIpc) is 2.92. The summed E-state index contributed by atoms with van der Waals surface area (Å²) in [5, 5.41) is 0.676. The molecule has 4 heteroatoms. The van der Waals surface area contributed by atoms with Gasteiger partial charge >= 0.3 is 0 Å². The number of fused-ring (bicyclic) bond motifs is 1. The molecule has 20 heavy (non-hydrogen) atoms. The van der Waals surface area contributed by atoms with E-state index in [1.54, 1.807) is 6.07 Å². The SMILES string of the molecule is NCc1ccc(Cn2c3c(ccc2=O)CCC3)c(Cl)c1. The van der Waals surface area contributed by atoms with Crippen LogP contribution in [0.1, 0.15) is 28.8 Å². The van der Waals surface area contributed by atoms with Crippen molar-refractivity contribution < 1.29 is 0 Å². The summed E-state index contributed by atoms with van der Waals surface area (Å²) >= 11 is 6.29. The molecule has 0 spiro atoms. The Balaban J connectivity index is 2.00. The summed E-state index contributed by atoms with van der Waals surface area (Å²) in [6.45, 7) is 1.01. The summed E-state index contributed by atoms with van der Waals surface area (Å²) in [6.07, 6.45) is 3.16. The van der Waals surface area contributed by atoms with Gasteiger partial charge in [-0.05, 0) is 42.0 Å². The number of halogens is 1. The van der Waals surface area contributed by atoms with Gasteiger partial charge in [0.05, 0.1) is 6.54 Å². The Morgan fingerprint density at radius 1 is 1.20 bits per heavy atom. The summed E-state index contributed by atoms with van der Waals surface area (Å²) in [7, 11) is 0. The molecule has 1 aromatic carbocycles. The topological polar surface area (TPSA) is 48.0 Å². The van der Waals surface area contributed by atoms with Crippen LogP contribution in [0.15, 0.2) is 35.1 Å². The van der Waals surface area contributed by atoms with Gasteiger partial charge in [0.15, 0.2) is 0 Å². The van der Waals surface area contributed by atoms with Crippen LogP contribution < -0.4 is 11.3 Å². The Kier molecular flexibility index (Phi) is 3.64. The third-order valence-electron chi connectivity index (χ3n) is 3.93. The van der Waals surface area contributed by atoms with Gasteiger partial charge in [-0.15, -0.1) is 0 Å². The van der Waals surface area contributed by atoms with Crippen molar-refractivity contribution in [1.82, 2.24) is 4.57 Å². The van der Waals surface area contributed by atoms with Gasteiger partial charge in [-0.1, -0.05) is 29.8 Å². The van der Waals surface area contributed by atoms with Crippen LogP contribution in [0.25, 0.3) is 0 Å². The molecule has 1 heterocycles. The third kappa shape index (κ3) is 2.39. The van der Waals surface area contributed by atoms with E-state index in [-0.39, 0.29) is 5.56 Å². The molecule has 0 aliphatic heterocycles. The molecule has 2 N–H and O–H groups in total. The van der Waals surface area contributed by atoms with E-state index in [9.17, 15) is 4.79 Å². The van der Waals surface area contributed by atoms with Gasteiger partial charge in [0.2, 0.25) is 0 Å². The van der Waals surface area contributed by atoms with Crippen molar-refractivity contribution in [2.24, 2.45) is 5.73 Å². The standard InChI is InChI=1S/C16H17ClN2O/c17-14-8-11(9-18)4-5-13(14)10-19-15-3-1-2-12(15)6-7-16(19)20/h4-8H,1-3,9-10,18H2. The minimum atomic E-state index is 0.0459. The smallest absolute Gasteiger partial charge is 0.251 e. The first-order valence-electron chi connectivity index (χ1n) is 6.88. The van der Waals surface area contributed by atoms with Gasteiger partial charge < -0.3 is 10.3 Å². The lowest BCUT2D eigenvalue weighted by Crippen LogP contribution is -2.23. The average molecular weight is 289 g/mol. The summed E-state index contributed by atoms with van der Waals surface area (Å²) in [5.74, 6) is 0. The zero-order valence-electron chi connectivity index (χ0n) is 11.2. The Morgan fingerprint density at radius 2 is 2.05 bits per heavy atom. The van der Waals surface area contributed by atoms with Crippen molar-refractivity contribution in [3.63, 3.8) is 0 Å². The number of rotatable bonds is 3. The molecule has 0 radical (unpaired) electrons. The number of pyridine rings is 1. The lowest BCUT2D eigenvalue weighted by Gasteiger charge is -2.13.